The highest BCUT2D eigenvalue weighted by molar-refractivity contribution is 5.59. The van der Waals surface area contributed by atoms with Crippen molar-refractivity contribution < 1.29 is 0 Å². The third-order valence-electron chi connectivity index (χ3n) is 3.83. The summed E-state index contributed by atoms with van der Waals surface area (Å²) in [7, 11) is 4.21. The Labute approximate surface area is 98.4 Å². The van der Waals surface area contributed by atoms with Gasteiger partial charge in [-0.2, -0.15) is 0 Å². The number of anilines is 1. The number of hydrogen-bond donors (Lipinski definition) is 1. The minimum absolute atomic E-state index is 0.242. The summed E-state index contributed by atoms with van der Waals surface area (Å²) in [5.41, 5.74) is 10.5. The van der Waals surface area contributed by atoms with Crippen molar-refractivity contribution in [3.8, 4) is 0 Å². The van der Waals surface area contributed by atoms with Crippen molar-refractivity contribution in [3.05, 3.63) is 29.3 Å². The highest BCUT2D eigenvalue weighted by atomic mass is 15.1. The Morgan fingerprint density at radius 1 is 1.31 bits per heavy atom. The van der Waals surface area contributed by atoms with Gasteiger partial charge in [0.2, 0.25) is 0 Å². The quantitative estimate of drug-likeness (QED) is 0.844. The Balaban J connectivity index is 2.50. The zero-order valence-electron chi connectivity index (χ0n) is 10.7. The number of aryl methyl sites for hydroxylation is 1. The molecule has 1 fully saturated rings. The molecule has 2 nitrogen and oxygen atoms in total. The van der Waals surface area contributed by atoms with E-state index < -0.39 is 0 Å². The van der Waals surface area contributed by atoms with E-state index in [4.69, 9.17) is 5.73 Å². The molecule has 2 N–H and O–H groups in total. The molecule has 0 heterocycles. The van der Waals surface area contributed by atoms with Crippen LogP contribution in [-0.2, 0) is 5.41 Å². The molecule has 1 aromatic carbocycles. The van der Waals surface area contributed by atoms with Crippen molar-refractivity contribution in [1.29, 1.82) is 0 Å². The maximum absolute atomic E-state index is 6.17. The maximum Gasteiger partial charge on any atom is 0.0400 e. The van der Waals surface area contributed by atoms with Gasteiger partial charge in [0.25, 0.3) is 0 Å². The Hall–Kier alpha value is -1.02. The lowest BCUT2D eigenvalue weighted by molar-refractivity contribution is 0.556. The Kier molecular flexibility index (Phi) is 2.70. The molecule has 1 unspecified atom stereocenters. The highest BCUT2D eigenvalue weighted by Crippen LogP contribution is 2.53. The first-order valence-electron chi connectivity index (χ1n) is 6.01. The monoisotopic (exact) mass is 218 g/mol. The van der Waals surface area contributed by atoms with Crippen LogP contribution in [0.25, 0.3) is 0 Å². The first-order valence-corrected chi connectivity index (χ1v) is 6.01. The molecule has 1 aliphatic carbocycles. The zero-order valence-corrected chi connectivity index (χ0v) is 10.7. The van der Waals surface area contributed by atoms with Crippen LogP contribution < -0.4 is 10.6 Å². The fraction of sp³-hybridized carbons (Fsp3) is 0.571. The van der Waals surface area contributed by atoms with Crippen LogP contribution in [0.4, 0.5) is 5.69 Å². The van der Waals surface area contributed by atoms with Crippen molar-refractivity contribution in [1.82, 2.24) is 0 Å². The first kappa shape index (κ1) is 11.5. The summed E-state index contributed by atoms with van der Waals surface area (Å²) in [6.45, 7) is 4.29. The van der Waals surface area contributed by atoms with Crippen LogP contribution in [0.15, 0.2) is 18.2 Å². The van der Waals surface area contributed by atoms with Gasteiger partial charge in [0.1, 0.15) is 0 Å². The van der Waals surface area contributed by atoms with Gasteiger partial charge >= 0.3 is 0 Å². The summed E-state index contributed by atoms with van der Waals surface area (Å²) in [6, 6.07) is 6.95. The fourth-order valence-electron chi connectivity index (χ4n) is 2.54. The zero-order chi connectivity index (χ0) is 11.9. The fourth-order valence-corrected chi connectivity index (χ4v) is 2.54. The van der Waals surface area contributed by atoms with E-state index in [0.29, 0.717) is 0 Å². The van der Waals surface area contributed by atoms with Gasteiger partial charge in [-0.1, -0.05) is 17.7 Å². The Bertz CT molecular complexity index is 390. The van der Waals surface area contributed by atoms with Gasteiger partial charge in [-0.25, -0.2) is 0 Å². The SMILES string of the molecule is Cc1ccc(N(C)C)c(C2(C(C)N)CC2)c1. The third-order valence-corrected chi connectivity index (χ3v) is 3.83. The highest BCUT2D eigenvalue weighted by Gasteiger charge is 2.48. The lowest BCUT2D eigenvalue weighted by Crippen LogP contribution is -2.33. The smallest absolute Gasteiger partial charge is 0.0400 e. The van der Waals surface area contributed by atoms with E-state index in [1.807, 2.05) is 0 Å². The first-order chi connectivity index (χ1) is 7.47. The second kappa shape index (κ2) is 3.77. The predicted octanol–water partition coefficient (Wildman–Crippen LogP) is 2.44. The summed E-state index contributed by atoms with van der Waals surface area (Å²) in [5.74, 6) is 0. The molecule has 1 aromatic rings. The molecule has 2 rings (SSSR count). The van der Waals surface area contributed by atoms with Gasteiger partial charge in [0.15, 0.2) is 0 Å². The summed E-state index contributed by atoms with van der Waals surface area (Å²) in [5, 5.41) is 0. The average Bonchev–Trinajstić information content (AvgIpc) is 2.97. The van der Waals surface area contributed by atoms with Crippen molar-refractivity contribution in [2.45, 2.75) is 38.1 Å². The van der Waals surface area contributed by atoms with E-state index in [1.54, 1.807) is 0 Å². The average molecular weight is 218 g/mol. The summed E-state index contributed by atoms with van der Waals surface area (Å²) >= 11 is 0. The second-order valence-corrected chi connectivity index (χ2v) is 5.36. The van der Waals surface area contributed by atoms with Crippen LogP contribution in [0.5, 0.6) is 0 Å². The van der Waals surface area contributed by atoms with Gasteiger partial charge in [0, 0.05) is 31.2 Å². The molecule has 16 heavy (non-hydrogen) atoms. The van der Waals surface area contributed by atoms with Gasteiger partial charge in [-0.3, -0.25) is 0 Å². The molecule has 0 spiro atoms. The standard InChI is InChI=1S/C14H22N2/c1-10-5-6-13(16(3)4)12(9-10)14(7-8-14)11(2)15/h5-6,9,11H,7-8,15H2,1-4H3. The minimum Gasteiger partial charge on any atom is -0.377 e. The van der Waals surface area contributed by atoms with E-state index in [0.717, 1.165) is 0 Å². The number of hydrogen-bond acceptors (Lipinski definition) is 2. The van der Waals surface area contributed by atoms with Gasteiger partial charge in [0.05, 0.1) is 0 Å². The van der Waals surface area contributed by atoms with Crippen molar-refractivity contribution in [3.63, 3.8) is 0 Å². The molecular weight excluding hydrogens is 196 g/mol. The molecule has 0 radical (unpaired) electrons. The lowest BCUT2D eigenvalue weighted by atomic mass is 9.87. The number of rotatable bonds is 3. The molecule has 0 aromatic heterocycles. The normalized spacial score (nSPS) is 19.3. The van der Waals surface area contributed by atoms with Gasteiger partial charge < -0.3 is 10.6 Å². The van der Waals surface area contributed by atoms with Crippen LogP contribution >= 0.6 is 0 Å². The van der Waals surface area contributed by atoms with E-state index >= 15 is 0 Å². The lowest BCUT2D eigenvalue weighted by Gasteiger charge is -2.27. The Morgan fingerprint density at radius 3 is 2.38 bits per heavy atom. The molecule has 0 amide bonds. The Morgan fingerprint density at radius 2 is 1.94 bits per heavy atom. The third kappa shape index (κ3) is 1.71. The predicted molar refractivity (Wildman–Crippen MR) is 70.1 cm³/mol. The number of nitrogens with zero attached hydrogens (tertiary/aromatic N) is 1. The van der Waals surface area contributed by atoms with Crippen LogP contribution in [0, 0.1) is 6.92 Å². The molecule has 88 valence electrons. The topological polar surface area (TPSA) is 29.3 Å². The van der Waals surface area contributed by atoms with E-state index in [9.17, 15) is 0 Å². The largest absolute Gasteiger partial charge is 0.377 e. The van der Waals surface area contributed by atoms with E-state index in [1.165, 1.54) is 29.7 Å². The molecule has 0 aliphatic heterocycles. The minimum atomic E-state index is 0.242. The number of benzene rings is 1. The van der Waals surface area contributed by atoms with Crippen LogP contribution in [0.1, 0.15) is 30.9 Å². The van der Waals surface area contributed by atoms with Crippen molar-refractivity contribution >= 4 is 5.69 Å². The number of nitrogens with two attached hydrogens (primary N) is 1. The molecular formula is C14H22N2. The van der Waals surface area contributed by atoms with Gasteiger partial charge in [-0.15, -0.1) is 0 Å². The summed E-state index contributed by atoms with van der Waals surface area (Å²) in [4.78, 5) is 2.19. The van der Waals surface area contributed by atoms with Gasteiger partial charge in [-0.05, 0) is 38.3 Å². The van der Waals surface area contributed by atoms with Crippen LogP contribution in [0.3, 0.4) is 0 Å². The molecule has 1 aliphatic rings. The molecule has 1 saturated carbocycles. The van der Waals surface area contributed by atoms with Crippen LogP contribution in [0.2, 0.25) is 0 Å². The van der Waals surface area contributed by atoms with Crippen molar-refractivity contribution in [2.75, 3.05) is 19.0 Å². The van der Waals surface area contributed by atoms with Crippen LogP contribution in [-0.4, -0.2) is 20.1 Å². The second-order valence-electron chi connectivity index (χ2n) is 5.36. The molecule has 0 bridgehead atoms. The molecule has 2 heteroatoms. The maximum atomic E-state index is 6.17. The summed E-state index contributed by atoms with van der Waals surface area (Å²) < 4.78 is 0. The van der Waals surface area contributed by atoms with Crippen molar-refractivity contribution in [2.24, 2.45) is 5.73 Å². The van der Waals surface area contributed by atoms with E-state index in [2.05, 4.69) is 51.0 Å². The summed E-state index contributed by atoms with van der Waals surface area (Å²) in [6.07, 6.45) is 2.46. The molecule has 0 saturated heterocycles. The molecule has 1 atom stereocenters. The van der Waals surface area contributed by atoms with E-state index in [-0.39, 0.29) is 11.5 Å².